The molecular weight excluding hydrogens is 418 g/mol. The Balaban J connectivity index is 1.82. The summed E-state index contributed by atoms with van der Waals surface area (Å²) >= 11 is 0. The lowest BCUT2D eigenvalue weighted by atomic mass is 9.88. The quantitative estimate of drug-likeness (QED) is 0.385. The minimum absolute atomic E-state index is 0.00188. The Labute approximate surface area is 194 Å². The van der Waals surface area contributed by atoms with Gasteiger partial charge in [-0.3, -0.25) is 9.59 Å². The number of hydrogen-bond donors (Lipinski definition) is 1. The van der Waals surface area contributed by atoms with Gasteiger partial charge in [-0.15, -0.1) is 0 Å². The Morgan fingerprint density at radius 2 is 1.82 bits per heavy atom. The van der Waals surface area contributed by atoms with Crippen molar-refractivity contribution in [1.82, 2.24) is 4.90 Å². The first-order valence-corrected chi connectivity index (χ1v) is 11.6. The van der Waals surface area contributed by atoms with Gasteiger partial charge in [-0.1, -0.05) is 30.3 Å². The van der Waals surface area contributed by atoms with Crippen LogP contribution in [0.3, 0.4) is 0 Å². The van der Waals surface area contributed by atoms with Gasteiger partial charge in [0, 0.05) is 17.7 Å². The van der Waals surface area contributed by atoms with Crippen LogP contribution in [0.15, 0.2) is 48.0 Å². The second-order valence-electron chi connectivity index (χ2n) is 8.84. The van der Waals surface area contributed by atoms with E-state index in [0.717, 1.165) is 25.7 Å². The van der Waals surface area contributed by atoms with Gasteiger partial charge in [0.25, 0.3) is 11.7 Å². The minimum atomic E-state index is -0.757. The SMILES string of the molecule is COc1ccccc1C1/C(=C(\O)c2ccc3c(c2)CCCC3)C(=O)C(=O)N1CCOC(C)C. The lowest BCUT2D eigenvalue weighted by Gasteiger charge is -2.27. The summed E-state index contributed by atoms with van der Waals surface area (Å²) in [6.45, 7) is 4.35. The zero-order chi connectivity index (χ0) is 23.5. The van der Waals surface area contributed by atoms with Crippen LogP contribution < -0.4 is 4.74 Å². The van der Waals surface area contributed by atoms with Crippen molar-refractivity contribution in [2.45, 2.75) is 51.7 Å². The van der Waals surface area contributed by atoms with Gasteiger partial charge in [-0.25, -0.2) is 0 Å². The third kappa shape index (κ3) is 4.53. The number of rotatable bonds is 7. The lowest BCUT2D eigenvalue weighted by molar-refractivity contribution is -0.140. The van der Waals surface area contributed by atoms with Crippen LogP contribution in [0.25, 0.3) is 5.76 Å². The molecule has 2 aromatic rings. The third-order valence-corrected chi connectivity index (χ3v) is 6.38. The average Bonchev–Trinajstić information content (AvgIpc) is 3.08. The van der Waals surface area contributed by atoms with Crippen LogP contribution in [-0.4, -0.2) is 48.1 Å². The smallest absolute Gasteiger partial charge is 0.295 e. The van der Waals surface area contributed by atoms with E-state index >= 15 is 0 Å². The Bertz CT molecular complexity index is 1090. The molecule has 1 amide bonds. The number of carbonyl (C=O) groups excluding carboxylic acids is 2. The molecule has 1 fully saturated rings. The number of benzene rings is 2. The molecule has 2 aliphatic rings. The van der Waals surface area contributed by atoms with Crippen molar-refractivity contribution in [2.75, 3.05) is 20.3 Å². The van der Waals surface area contributed by atoms with Crippen molar-refractivity contribution in [3.8, 4) is 5.75 Å². The molecule has 1 saturated heterocycles. The molecule has 33 heavy (non-hydrogen) atoms. The first kappa shape index (κ1) is 23.1. The summed E-state index contributed by atoms with van der Waals surface area (Å²) in [4.78, 5) is 27.8. The fourth-order valence-corrected chi connectivity index (χ4v) is 4.75. The van der Waals surface area contributed by atoms with Crippen LogP contribution in [0.5, 0.6) is 5.75 Å². The average molecular weight is 450 g/mol. The highest BCUT2D eigenvalue weighted by atomic mass is 16.5. The Morgan fingerprint density at radius 1 is 1.09 bits per heavy atom. The second-order valence-corrected chi connectivity index (χ2v) is 8.84. The number of nitrogens with zero attached hydrogens (tertiary/aromatic N) is 1. The fraction of sp³-hybridized carbons (Fsp3) is 0.407. The van der Waals surface area contributed by atoms with E-state index in [2.05, 4.69) is 0 Å². The molecular formula is C27H31NO5. The summed E-state index contributed by atoms with van der Waals surface area (Å²) in [6.07, 6.45) is 4.25. The van der Waals surface area contributed by atoms with Gasteiger partial charge >= 0.3 is 0 Å². The van der Waals surface area contributed by atoms with Crippen molar-refractivity contribution in [1.29, 1.82) is 0 Å². The number of Topliss-reactive ketones (excluding diaryl/α,β-unsaturated/α-hetero) is 1. The van der Waals surface area contributed by atoms with Crippen LogP contribution in [0, 0.1) is 0 Å². The highest BCUT2D eigenvalue weighted by Gasteiger charge is 2.46. The van der Waals surface area contributed by atoms with Crippen LogP contribution >= 0.6 is 0 Å². The number of para-hydroxylation sites is 1. The maximum atomic E-state index is 13.2. The third-order valence-electron chi connectivity index (χ3n) is 6.38. The summed E-state index contributed by atoms with van der Waals surface area (Å²) in [5.41, 5.74) is 3.78. The summed E-state index contributed by atoms with van der Waals surface area (Å²) in [5.74, 6) is -0.927. The van der Waals surface area contributed by atoms with E-state index in [1.807, 2.05) is 50.2 Å². The molecule has 0 bridgehead atoms. The van der Waals surface area contributed by atoms with Crippen molar-refractivity contribution in [3.05, 3.63) is 70.3 Å². The summed E-state index contributed by atoms with van der Waals surface area (Å²) < 4.78 is 11.2. The topological polar surface area (TPSA) is 76.1 Å². The first-order chi connectivity index (χ1) is 15.9. The molecule has 6 heteroatoms. The number of fused-ring (bicyclic) bond motifs is 1. The van der Waals surface area contributed by atoms with E-state index in [-0.39, 0.29) is 30.6 Å². The molecule has 0 aromatic heterocycles. The molecule has 6 nitrogen and oxygen atoms in total. The number of ketones is 1. The molecule has 4 rings (SSSR count). The predicted molar refractivity (Wildman–Crippen MR) is 126 cm³/mol. The number of hydrogen-bond acceptors (Lipinski definition) is 5. The molecule has 2 aromatic carbocycles. The Morgan fingerprint density at radius 3 is 2.55 bits per heavy atom. The Hall–Kier alpha value is -3.12. The number of amides is 1. The van der Waals surface area contributed by atoms with Gasteiger partial charge < -0.3 is 19.5 Å². The van der Waals surface area contributed by atoms with Crippen molar-refractivity contribution in [2.24, 2.45) is 0 Å². The van der Waals surface area contributed by atoms with Gasteiger partial charge in [0.1, 0.15) is 11.5 Å². The number of methoxy groups -OCH3 is 1. The van der Waals surface area contributed by atoms with Gasteiger partial charge in [0.15, 0.2) is 0 Å². The molecule has 1 N–H and O–H groups in total. The van der Waals surface area contributed by atoms with Gasteiger partial charge in [0.05, 0.1) is 31.4 Å². The maximum Gasteiger partial charge on any atom is 0.295 e. The largest absolute Gasteiger partial charge is 0.507 e. The standard InChI is InChI=1S/C27H31NO5/c1-17(2)33-15-14-28-24(21-10-6-7-11-22(21)32-3)23(26(30)27(28)31)25(29)20-13-12-18-8-4-5-9-19(18)16-20/h6-7,10-13,16-17,24,29H,4-5,8-9,14-15H2,1-3H3/b25-23+. The monoisotopic (exact) mass is 449 g/mol. The van der Waals surface area contributed by atoms with Gasteiger partial charge in [-0.2, -0.15) is 0 Å². The molecule has 0 saturated carbocycles. The Kier molecular flexibility index (Phi) is 6.84. The van der Waals surface area contributed by atoms with E-state index in [1.54, 1.807) is 13.2 Å². The highest BCUT2D eigenvalue weighted by molar-refractivity contribution is 6.46. The predicted octanol–water partition coefficient (Wildman–Crippen LogP) is 4.42. The van der Waals surface area contributed by atoms with Crippen LogP contribution in [0.1, 0.15) is 55.0 Å². The number of ether oxygens (including phenoxy) is 2. The van der Waals surface area contributed by atoms with Crippen LogP contribution in [0.2, 0.25) is 0 Å². The number of carbonyl (C=O) groups is 2. The van der Waals surface area contributed by atoms with Crippen molar-refractivity contribution >= 4 is 17.4 Å². The lowest BCUT2D eigenvalue weighted by Crippen LogP contribution is -2.33. The van der Waals surface area contributed by atoms with Gasteiger partial charge in [0.2, 0.25) is 0 Å². The number of aliphatic hydroxyl groups excluding tert-OH is 1. The summed E-state index contributed by atoms with van der Waals surface area (Å²) in [7, 11) is 1.55. The molecule has 0 spiro atoms. The minimum Gasteiger partial charge on any atom is -0.507 e. The molecule has 1 aliphatic heterocycles. The molecule has 174 valence electrons. The first-order valence-electron chi connectivity index (χ1n) is 11.6. The zero-order valence-electron chi connectivity index (χ0n) is 19.5. The fourth-order valence-electron chi connectivity index (χ4n) is 4.75. The number of aliphatic hydroxyl groups is 1. The molecule has 0 radical (unpaired) electrons. The van der Waals surface area contributed by atoms with E-state index in [1.165, 1.54) is 16.0 Å². The molecule has 1 atom stereocenters. The molecule has 1 aliphatic carbocycles. The van der Waals surface area contributed by atoms with Crippen molar-refractivity contribution < 1.29 is 24.2 Å². The highest BCUT2D eigenvalue weighted by Crippen LogP contribution is 2.42. The number of likely N-dealkylation sites (tertiary alicyclic amines) is 1. The van der Waals surface area contributed by atoms with Crippen LogP contribution in [-0.2, 0) is 27.2 Å². The van der Waals surface area contributed by atoms with Crippen LogP contribution in [0.4, 0.5) is 0 Å². The zero-order valence-corrected chi connectivity index (χ0v) is 19.5. The van der Waals surface area contributed by atoms with Gasteiger partial charge in [-0.05, 0) is 62.8 Å². The van der Waals surface area contributed by atoms with E-state index < -0.39 is 17.7 Å². The normalized spacial score (nSPS) is 19.8. The van der Waals surface area contributed by atoms with E-state index in [9.17, 15) is 14.7 Å². The summed E-state index contributed by atoms with van der Waals surface area (Å²) in [5, 5.41) is 11.3. The van der Waals surface area contributed by atoms with E-state index in [4.69, 9.17) is 9.47 Å². The van der Waals surface area contributed by atoms with E-state index in [0.29, 0.717) is 16.9 Å². The second kappa shape index (κ2) is 9.79. The number of aryl methyl sites for hydroxylation is 2. The summed E-state index contributed by atoms with van der Waals surface area (Å²) in [6, 6.07) is 12.3. The maximum absolute atomic E-state index is 13.2. The molecule has 1 heterocycles. The molecule has 1 unspecified atom stereocenters. The van der Waals surface area contributed by atoms with Crippen molar-refractivity contribution in [3.63, 3.8) is 0 Å².